The maximum absolute atomic E-state index is 13.9. The Morgan fingerprint density at radius 1 is 1.23 bits per heavy atom. The van der Waals surface area contributed by atoms with E-state index < -0.39 is 29.9 Å². The van der Waals surface area contributed by atoms with Crippen LogP contribution >= 0.6 is 0 Å². The molecule has 1 aliphatic rings. The number of rotatable bonds is 8. The van der Waals surface area contributed by atoms with E-state index in [-0.39, 0.29) is 35.2 Å². The fourth-order valence-electron chi connectivity index (χ4n) is 3.82. The number of aliphatic hydroxyl groups excluding tert-OH is 1. The molecule has 0 bridgehead atoms. The highest BCUT2D eigenvalue weighted by atomic mass is 19.3. The summed E-state index contributed by atoms with van der Waals surface area (Å²) in [6, 6.07) is 11.2. The minimum Gasteiger partial charge on any atom is -0.435 e. The van der Waals surface area contributed by atoms with Crippen LogP contribution in [0.3, 0.4) is 0 Å². The fourth-order valence-corrected chi connectivity index (χ4v) is 3.82. The highest BCUT2D eigenvalue weighted by Gasteiger charge is 2.28. The Morgan fingerprint density at radius 3 is 2.63 bits per heavy atom. The smallest absolute Gasteiger partial charge is 0.387 e. The van der Waals surface area contributed by atoms with Gasteiger partial charge in [-0.1, -0.05) is 6.07 Å². The molecule has 184 valence electrons. The van der Waals surface area contributed by atoms with E-state index in [1.807, 2.05) is 0 Å². The van der Waals surface area contributed by atoms with Gasteiger partial charge in [0.1, 0.15) is 17.1 Å². The Balaban J connectivity index is 1.75. The number of benzene rings is 2. The van der Waals surface area contributed by atoms with Gasteiger partial charge in [-0.25, -0.2) is 4.39 Å². The number of carbonyl (C=O) groups is 1. The van der Waals surface area contributed by atoms with Gasteiger partial charge in [0.15, 0.2) is 0 Å². The third kappa shape index (κ3) is 5.69. The number of alkyl halides is 2. The van der Waals surface area contributed by atoms with Crippen molar-refractivity contribution < 1.29 is 32.5 Å². The molecule has 2 heterocycles. The summed E-state index contributed by atoms with van der Waals surface area (Å²) in [6.45, 7) is -2.46. The Kier molecular flexibility index (Phi) is 7.47. The average Bonchev–Trinajstić information content (AvgIpc) is 3.37. The second-order valence-corrected chi connectivity index (χ2v) is 7.93. The van der Waals surface area contributed by atoms with Crippen LogP contribution in [0.25, 0.3) is 16.9 Å². The summed E-state index contributed by atoms with van der Waals surface area (Å²) in [5.41, 5.74) is -0.439. The topological polar surface area (TPSA) is 103 Å². The molecule has 4 rings (SSSR count). The quantitative estimate of drug-likeness (QED) is 0.505. The zero-order valence-corrected chi connectivity index (χ0v) is 18.4. The lowest BCUT2D eigenvalue weighted by molar-refractivity contribution is -0.0498. The normalized spacial score (nSPS) is 16.3. The molecule has 2 N–H and O–H groups in total. The van der Waals surface area contributed by atoms with Crippen molar-refractivity contribution in [1.82, 2.24) is 15.1 Å². The number of amides is 1. The van der Waals surface area contributed by atoms with E-state index >= 15 is 0 Å². The van der Waals surface area contributed by atoms with Gasteiger partial charge in [-0.05, 0) is 55.0 Å². The molecule has 1 saturated heterocycles. The maximum Gasteiger partial charge on any atom is 0.387 e. The Bertz CT molecular complexity index is 1240. The van der Waals surface area contributed by atoms with Gasteiger partial charge >= 0.3 is 6.61 Å². The van der Waals surface area contributed by atoms with Crippen LogP contribution in [0.1, 0.15) is 16.8 Å². The molecule has 0 aliphatic carbocycles. The van der Waals surface area contributed by atoms with Crippen molar-refractivity contribution in [1.29, 1.82) is 0 Å². The van der Waals surface area contributed by atoms with E-state index in [2.05, 4.69) is 15.2 Å². The van der Waals surface area contributed by atoms with Crippen LogP contribution in [0.2, 0.25) is 0 Å². The van der Waals surface area contributed by atoms with Gasteiger partial charge < -0.3 is 19.9 Å². The second kappa shape index (κ2) is 10.7. The van der Waals surface area contributed by atoms with E-state index in [1.54, 1.807) is 0 Å². The van der Waals surface area contributed by atoms with Crippen molar-refractivity contribution in [2.75, 3.05) is 19.8 Å². The summed E-state index contributed by atoms with van der Waals surface area (Å²) < 4.78 is 49.4. The number of hydrogen-bond donors (Lipinski definition) is 2. The van der Waals surface area contributed by atoms with Crippen molar-refractivity contribution in [3.05, 3.63) is 76.3 Å². The Labute approximate surface area is 197 Å². The molecule has 35 heavy (non-hydrogen) atoms. The average molecular weight is 489 g/mol. The molecule has 0 saturated carbocycles. The molecule has 2 aromatic carbocycles. The van der Waals surface area contributed by atoms with Crippen molar-refractivity contribution >= 4 is 5.91 Å². The molecule has 1 fully saturated rings. The first kappa shape index (κ1) is 24.4. The lowest BCUT2D eigenvalue weighted by Crippen LogP contribution is -2.45. The molecule has 1 aromatic heterocycles. The molecular formula is C24H22F3N3O5. The molecule has 11 heteroatoms. The second-order valence-electron chi connectivity index (χ2n) is 7.93. The minimum absolute atomic E-state index is 0.0789. The summed E-state index contributed by atoms with van der Waals surface area (Å²) in [7, 11) is 0. The first-order chi connectivity index (χ1) is 16.9. The number of hydrogen-bond acceptors (Lipinski definition) is 6. The van der Waals surface area contributed by atoms with Gasteiger partial charge in [0.2, 0.25) is 0 Å². The maximum atomic E-state index is 13.9. The molecule has 0 radical (unpaired) electrons. The number of aliphatic hydroxyl groups is 1. The number of carbonyl (C=O) groups excluding carboxylic acids is 1. The monoisotopic (exact) mass is 489 g/mol. The predicted octanol–water partition coefficient (Wildman–Crippen LogP) is 2.77. The van der Waals surface area contributed by atoms with Crippen LogP contribution in [0.5, 0.6) is 5.75 Å². The van der Waals surface area contributed by atoms with Gasteiger partial charge in [0, 0.05) is 18.1 Å². The van der Waals surface area contributed by atoms with Crippen molar-refractivity contribution in [2.24, 2.45) is 5.92 Å². The van der Waals surface area contributed by atoms with Gasteiger partial charge in [-0.3, -0.25) is 9.59 Å². The van der Waals surface area contributed by atoms with Crippen LogP contribution in [-0.4, -0.2) is 53.3 Å². The molecule has 0 spiro atoms. The molecule has 1 amide bonds. The number of nitrogens with one attached hydrogen (secondary N) is 1. The van der Waals surface area contributed by atoms with E-state index in [1.165, 1.54) is 48.5 Å². The highest BCUT2D eigenvalue weighted by Crippen LogP contribution is 2.23. The lowest BCUT2D eigenvalue weighted by atomic mass is 9.99. The zero-order chi connectivity index (χ0) is 24.9. The van der Waals surface area contributed by atoms with Gasteiger partial charge in [0.05, 0.1) is 30.6 Å². The molecular weight excluding hydrogens is 467 g/mol. The Hall–Kier alpha value is -3.70. The number of ether oxygens (including phenoxy) is 2. The number of aromatic nitrogens is 2. The summed E-state index contributed by atoms with van der Waals surface area (Å²) in [5.74, 6) is -1.54. The van der Waals surface area contributed by atoms with Crippen molar-refractivity contribution in [3.63, 3.8) is 0 Å². The zero-order valence-electron chi connectivity index (χ0n) is 18.4. The van der Waals surface area contributed by atoms with E-state index in [9.17, 15) is 27.9 Å². The standard InChI is InChI=1S/C24H22F3N3O5/c25-16-2-1-3-17(10-16)30-23(33)19(22(32)28-21(12-31)15-8-9-34-13-15)11-20(29-30)14-4-6-18(7-5-14)35-24(26)27/h1-7,10-11,15,21,24,31H,8-9,12-13H2,(H,28,32)/t15-,21+/m0/s1. The van der Waals surface area contributed by atoms with Crippen LogP contribution in [-0.2, 0) is 4.74 Å². The van der Waals surface area contributed by atoms with Crippen LogP contribution < -0.4 is 15.6 Å². The van der Waals surface area contributed by atoms with Gasteiger partial charge in [0.25, 0.3) is 11.5 Å². The van der Waals surface area contributed by atoms with E-state index in [0.717, 1.165) is 10.7 Å². The van der Waals surface area contributed by atoms with Crippen LogP contribution in [0.15, 0.2) is 59.4 Å². The van der Waals surface area contributed by atoms with Crippen molar-refractivity contribution in [2.45, 2.75) is 19.1 Å². The van der Waals surface area contributed by atoms with E-state index in [4.69, 9.17) is 4.74 Å². The van der Waals surface area contributed by atoms with Gasteiger partial charge in [-0.15, -0.1) is 0 Å². The fraction of sp³-hybridized carbons (Fsp3) is 0.292. The number of nitrogens with zero attached hydrogens (tertiary/aromatic N) is 2. The Morgan fingerprint density at radius 2 is 2.00 bits per heavy atom. The summed E-state index contributed by atoms with van der Waals surface area (Å²) in [5, 5.41) is 16.7. The summed E-state index contributed by atoms with van der Waals surface area (Å²) in [6.07, 6.45) is 0.646. The van der Waals surface area contributed by atoms with E-state index in [0.29, 0.717) is 25.2 Å². The predicted molar refractivity (Wildman–Crippen MR) is 119 cm³/mol. The van der Waals surface area contributed by atoms with Crippen molar-refractivity contribution in [3.8, 4) is 22.7 Å². The molecule has 8 nitrogen and oxygen atoms in total. The first-order valence-corrected chi connectivity index (χ1v) is 10.8. The third-order valence-corrected chi connectivity index (χ3v) is 5.63. The van der Waals surface area contributed by atoms with Crippen LogP contribution in [0.4, 0.5) is 13.2 Å². The minimum atomic E-state index is -2.99. The number of halogens is 3. The highest BCUT2D eigenvalue weighted by molar-refractivity contribution is 5.95. The van der Waals surface area contributed by atoms with Crippen LogP contribution in [0, 0.1) is 11.7 Å². The molecule has 1 aliphatic heterocycles. The molecule has 0 unspecified atom stereocenters. The summed E-state index contributed by atoms with van der Waals surface area (Å²) >= 11 is 0. The molecule has 3 aromatic rings. The third-order valence-electron chi connectivity index (χ3n) is 5.63. The SMILES string of the molecule is O=C(N[C@H](CO)[C@H]1CCOC1)c1cc(-c2ccc(OC(F)F)cc2)nn(-c2cccc(F)c2)c1=O. The first-order valence-electron chi connectivity index (χ1n) is 10.8. The summed E-state index contributed by atoms with van der Waals surface area (Å²) in [4.78, 5) is 26.3. The largest absolute Gasteiger partial charge is 0.435 e. The van der Waals surface area contributed by atoms with Gasteiger partial charge in [-0.2, -0.15) is 18.6 Å². The molecule has 2 atom stereocenters. The lowest BCUT2D eigenvalue weighted by Gasteiger charge is -2.21.